The van der Waals surface area contributed by atoms with Gasteiger partial charge in [-0.15, -0.1) is 11.3 Å². The molecule has 0 bridgehead atoms. The standard InChI is InChI=1S/C18H14Cl2N2O2S/c1-24-14-5-2-11(3-6-14)18-22-13(10-25-18)9-17(23)21-12-4-7-15(19)16(20)8-12/h2-8,10H,9H2,1H3,(H,21,23). The molecule has 0 radical (unpaired) electrons. The largest absolute Gasteiger partial charge is 0.497 e. The third kappa shape index (κ3) is 4.51. The zero-order chi connectivity index (χ0) is 17.8. The lowest BCUT2D eigenvalue weighted by atomic mass is 10.2. The van der Waals surface area contributed by atoms with E-state index in [0.717, 1.165) is 16.3 Å². The van der Waals surface area contributed by atoms with Crippen LogP contribution in [0.4, 0.5) is 5.69 Å². The molecular formula is C18H14Cl2N2O2S. The first-order chi connectivity index (χ1) is 12.0. The number of hydrogen-bond donors (Lipinski definition) is 1. The average Bonchev–Trinajstić information content (AvgIpc) is 3.06. The minimum absolute atomic E-state index is 0.162. The first-order valence-corrected chi connectivity index (χ1v) is 9.02. The fraction of sp³-hybridized carbons (Fsp3) is 0.111. The maximum Gasteiger partial charge on any atom is 0.230 e. The number of halogens is 2. The second kappa shape index (κ2) is 7.87. The molecule has 0 unspecified atom stereocenters. The summed E-state index contributed by atoms with van der Waals surface area (Å²) in [5, 5.41) is 6.38. The van der Waals surface area contributed by atoms with Gasteiger partial charge in [0.15, 0.2) is 0 Å². The Morgan fingerprint density at radius 1 is 1.16 bits per heavy atom. The molecule has 128 valence electrons. The number of nitrogens with zero attached hydrogens (tertiary/aromatic N) is 1. The van der Waals surface area contributed by atoms with E-state index in [1.54, 1.807) is 25.3 Å². The predicted molar refractivity (Wildman–Crippen MR) is 103 cm³/mol. The van der Waals surface area contributed by atoms with Crippen molar-refractivity contribution in [1.82, 2.24) is 4.98 Å². The Kier molecular flexibility index (Phi) is 5.58. The highest BCUT2D eigenvalue weighted by Crippen LogP contribution is 2.27. The van der Waals surface area contributed by atoms with Gasteiger partial charge in [-0.05, 0) is 42.5 Å². The molecule has 1 amide bonds. The first-order valence-electron chi connectivity index (χ1n) is 7.39. The van der Waals surface area contributed by atoms with Crippen LogP contribution in [-0.4, -0.2) is 18.0 Å². The molecule has 0 saturated carbocycles. The van der Waals surface area contributed by atoms with Crippen molar-refractivity contribution in [3.05, 3.63) is 63.6 Å². The molecule has 7 heteroatoms. The lowest BCUT2D eigenvalue weighted by Crippen LogP contribution is -2.14. The Morgan fingerprint density at radius 3 is 2.60 bits per heavy atom. The van der Waals surface area contributed by atoms with E-state index in [9.17, 15) is 4.79 Å². The molecule has 0 aliphatic carbocycles. The van der Waals surface area contributed by atoms with E-state index < -0.39 is 0 Å². The van der Waals surface area contributed by atoms with Crippen molar-refractivity contribution in [2.45, 2.75) is 6.42 Å². The third-order valence-electron chi connectivity index (χ3n) is 3.43. The third-order valence-corrected chi connectivity index (χ3v) is 5.11. The Balaban J connectivity index is 1.65. The second-order valence-electron chi connectivity index (χ2n) is 5.23. The highest BCUT2D eigenvalue weighted by molar-refractivity contribution is 7.13. The van der Waals surface area contributed by atoms with Gasteiger partial charge in [0.25, 0.3) is 0 Å². The lowest BCUT2D eigenvalue weighted by molar-refractivity contribution is -0.115. The van der Waals surface area contributed by atoms with Crippen LogP contribution in [0.25, 0.3) is 10.6 Å². The van der Waals surface area contributed by atoms with Crippen LogP contribution in [0.2, 0.25) is 10.0 Å². The Hall–Kier alpha value is -2.08. The van der Waals surface area contributed by atoms with Crippen LogP contribution < -0.4 is 10.1 Å². The normalized spacial score (nSPS) is 10.5. The summed E-state index contributed by atoms with van der Waals surface area (Å²) in [6.07, 6.45) is 0.187. The van der Waals surface area contributed by atoms with E-state index in [2.05, 4.69) is 10.3 Å². The van der Waals surface area contributed by atoms with E-state index in [1.807, 2.05) is 29.6 Å². The quantitative estimate of drug-likeness (QED) is 0.640. The monoisotopic (exact) mass is 392 g/mol. The SMILES string of the molecule is COc1ccc(-c2nc(CC(=O)Nc3ccc(Cl)c(Cl)c3)cs2)cc1. The van der Waals surface area contributed by atoms with Crippen LogP contribution in [0, 0.1) is 0 Å². The summed E-state index contributed by atoms with van der Waals surface area (Å²) in [5.74, 6) is 0.631. The molecule has 0 atom stereocenters. The summed E-state index contributed by atoms with van der Waals surface area (Å²) >= 11 is 13.3. The molecule has 0 spiro atoms. The summed E-state index contributed by atoms with van der Waals surface area (Å²) < 4.78 is 5.15. The molecule has 1 N–H and O–H groups in total. The number of carbonyl (C=O) groups excluding carboxylic acids is 1. The van der Waals surface area contributed by atoms with Crippen LogP contribution in [0.1, 0.15) is 5.69 Å². The maximum atomic E-state index is 12.2. The number of ether oxygens (including phenoxy) is 1. The molecule has 1 aromatic heterocycles. The number of methoxy groups -OCH3 is 1. The minimum Gasteiger partial charge on any atom is -0.497 e. The molecule has 2 aromatic carbocycles. The van der Waals surface area contributed by atoms with Gasteiger partial charge in [0.1, 0.15) is 10.8 Å². The fourth-order valence-corrected chi connectivity index (χ4v) is 3.32. The van der Waals surface area contributed by atoms with Crippen molar-refractivity contribution < 1.29 is 9.53 Å². The van der Waals surface area contributed by atoms with Crippen molar-refractivity contribution in [1.29, 1.82) is 0 Å². The molecule has 0 aliphatic rings. The number of rotatable bonds is 5. The molecule has 0 fully saturated rings. The van der Waals surface area contributed by atoms with Gasteiger partial charge < -0.3 is 10.1 Å². The molecule has 3 rings (SSSR count). The fourth-order valence-electron chi connectivity index (χ4n) is 2.20. The number of aromatic nitrogens is 1. The van der Waals surface area contributed by atoms with Gasteiger partial charge >= 0.3 is 0 Å². The summed E-state index contributed by atoms with van der Waals surface area (Å²) in [6.45, 7) is 0. The maximum absolute atomic E-state index is 12.2. The van der Waals surface area contributed by atoms with E-state index >= 15 is 0 Å². The Morgan fingerprint density at radius 2 is 1.92 bits per heavy atom. The zero-order valence-corrected chi connectivity index (χ0v) is 15.6. The van der Waals surface area contributed by atoms with E-state index in [-0.39, 0.29) is 12.3 Å². The van der Waals surface area contributed by atoms with Crippen LogP contribution in [0.15, 0.2) is 47.8 Å². The van der Waals surface area contributed by atoms with Crippen LogP contribution >= 0.6 is 34.5 Å². The number of nitrogens with one attached hydrogen (secondary N) is 1. The van der Waals surface area contributed by atoms with Gasteiger partial charge in [0, 0.05) is 16.6 Å². The van der Waals surface area contributed by atoms with Crippen molar-refractivity contribution in [2.75, 3.05) is 12.4 Å². The summed E-state index contributed by atoms with van der Waals surface area (Å²) in [7, 11) is 1.63. The summed E-state index contributed by atoms with van der Waals surface area (Å²) in [4.78, 5) is 16.7. The molecule has 25 heavy (non-hydrogen) atoms. The van der Waals surface area contributed by atoms with Gasteiger partial charge in [-0.2, -0.15) is 0 Å². The van der Waals surface area contributed by atoms with E-state index in [4.69, 9.17) is 27.9 Å². The van der Waals surface area contributed by atoms with Gasteiger partial charge in [-0.1, -0.05) is 23.2 Å². The zero-order valence-electron chi connectivity index (χ0n) is 13.3. The van der Waals surface area contributed by atoms with E-state index in [0.29, 0.717) is 21.4 Å². The number of amides is 1. The average molecular weight is 393 g/mol. The van der Waals surface area contributed by atoms with Crippen molar-refractivity contribution in [3.8, 4) is 16.3 Å². The number of hydrogen-bond acceptors (Lipinski definition) is 4. The van der Waals surface area contributed by atoms with E-state index in [1.165, 1.54) is 11.3 Å². The Bertz CT molecular complexity index is 894. The van der Waals surface area contributed by atoms with Crippen LogP contribution in [0.5, 0.6) is 5.75 Å². The van der Waals surface area contributed by atoms with Gasteiger partial charge in [0.2, 0.25) is 5.91 Å². The predicted octanol–water partition coefficient (Wildman–Crippen LogP) is 5.31. The molecule has 1 heterocycles. The molecule has 3 aromatic rings. The van der Waals surface area contributed by atoms with Gasteiger partial charge in [0.05, 0.1) is 29.3 Å². The second-order valence-corrected chi connectivity index (χ2v) is 6.90. The molecule has 4 nitrogen and oxygen atoms in total. The number of anilines is 1. The van der Waals surface area contributed by atoms with Crippen molar-refractivity contribution >= 4 is 46.1 Å². The van der Waals surface area contributed by atoms with Crippen LogP contribution in [0.3, 0.4) is 0 Å². The van der Waals surface area contributed by atoms with Crippen molar-refractivity contribution in [3.63, 3.8) is 0 Å². The minimum atomic E-state index is -0.162. The number of carbonyl (C=O) groups is 1. The number of thiazole rings is 1. The molecule has 0 saturated heterocycles. The van der Waals surface area contributed by atoms with Gasteiger partial charge in [-0.3, -0.25) is 4.79 Å². The molecule has 0 aliphatic heterocycles. The first kappa shape index (κ1) is 17.7. The highest BCUT2D eigenvalue weighted by Gasteiger charge is 2.10. The molecular weight excluding hydrogens is 379 g/mol. The topological polar surface area (TPSA) is 51.2 Å². The smallest absolute Gasteiger partial charge is 0.230 e. The van der Waals surface area contributed by atoms with Crippen LogP contribution in [-0.2, 0) is 11.2 Å². The van der Waals surface area contributed by atoms with Crippen molar-refractivity contribution in [2.24, 2.45) is 0 Å². The number of benzene rings is 2. The summed E-state index contributed by atoms with van der Waals surface area (Å²) in [6, 6.07) is 12.6. The highest BCUT2D eigenvalue weighted by atomic mass is 35.5. The lowest BCUT2D eigenvalue weighted by Gasteiger charge is -2.05. The summed E-state index contributed by atoms with van der Waals surface area (Å²) in [5.41, 5.74) is 2.31. The van der Waals surface area contributed by atoms with Gasteiger partial charge in [-0.25, -0.2) is 4.98 Å². The Labute approximate surface area is 159 Å².